The molecule has 11 nitrogen and oxygen atoms in total. The van der Waals surface area contributed by atoms with Gasteiger partial charge in [0.2, 0.25) is 0 Å². The number of ether oxygens (including phenoxy) is 1. The molecule has 0 bridgehead atoms. The quantitative estimate of drug-likeness (QED) is 0.189. The minimum absolute atomic E-state index is 0.0148. The van der Waals surface area contributed by atoms with Crippen LogP contribution in [0.3, 0.4) is 0 Å². The van der Waals surface area contributed by atoms with Crippen molar-refractivity contribution in [3.63, 3.8) is 0 Å². The van der Waals surface area contributed by atoms with E-state index in [-0.39, 0.29) is 35.4 Å². The molecule has 5 N–H and O–H groups in total. The molecule has 2 aliphatic rings. The van der Waals surface area contributed by atoms with E-state index in [9.17, 15) is 9.18 Å². The number of anilines is 1. The van der Waals surface area contributed by atoms with Crippen molar-refractivity contribution in [1.82, 2.24) is 19.9 Å². The number of carbonyl (C=O) groups excluding carboxylic acids is 1. The molecule has 2 fully saturated rings. The number of piperidine rings is 1. The first kappa shape index (κ1) is 28.7. The zero-order chi connectivity index (χ0) is 29.5. The number of morpholine rings is 1. The van der Waals surface area contributed by atoms with Crippen molar-refractivity contribution in [3.8, 4) is 11.4 Å². The molecular formula is C30H33FN8O3. The van der Waals surface area contributed by atoms with E-state index in [0.29, 0.717) is 51.5 Å². The highest BCUT2D eigenvalue weighted by atomic mass is 19.1. The number of benzene rings is 1. The second-order valence-corrected chi connectivity index (χ2v) is 10.1. The van der Waals surface area contributed by atoms with E-state index in [0.717, 1.165) is 29.0 Å². The Hall–Kier alpha value is -4.84. The fourth-order valence-corrected chi connectivity index (χ4v) is 5.12. The Bertz CT molecular complexity index is 1510. The number of nitrogens with zero attached hydrogens (tertiary/aromatic N) is 5. The number of carbonyl (C=O) groups is 1. The summed E-state index contributed by atoms with van der Waals surface area (Å²) in [4.78, 5) is 32.7. The zero-order valence-corrected chi connectivity index (χ0v) is 23.0. The highest BCUT2D eigenvalue weighted by molar-refractivity contribution is 6.00. The van der Waals surface area contributed by atoms with Gasteiger partial charge in [0, 0.05) is 31.6 Å². The topological polar surface area (TPSA) is 157 Å². The number of imidazole rings is 1. The number of pyridine rings is 1. The number of hydrogen-bond donors (Lipinski definition) is 4. The van der Waals surface area contributed by atoms with Gasteiger partial charge in [-0.3, -0.25) is 10.2 Å². The number of amides is 1. The zero-order valence-electron chi connectivity index (χ0n) is 23.0. The van der Waals surface area contributed by atoms with Crippen LogP contribution in [0.4, 0.5) is 10.2 Å². The van der Waals surface area contributed by atoms with Crippen molar-refractivity contribution in [3.05, 3.63) is 84.3 Å². The third-order valence-corrected chi connectivity index (χ3v) is 7.33. The number of hydrogen-bond acceptors (Lipinski definition) is 7. The first-order chi connectivity index (χ1) is 20.4. The fraction of sp³-hybridized carbons (Fsp3) is 0.300. The highest BCUT2D eigenvalue weighted by Crippen LogP contribution is 2.27. The summed E-state index contributed by atoms with van der Waals surface area (Å²) < 4.78 is 19.4. The summed E-state index contributed by atoms with van der Waals surface area (Å²) >= 11 is 0. The smallest absolute Gasteiger partial charge is 0.250 e. The Morgan fingerprint density at radius 1 is 1.19 bits per heavy atom. The van der Waals surface area contributed by atoms with Gasteiger partial charge in [0.15, 0.2) is 0 Å². The van der Waals surface area contributed by atoms with Crippen LogP contribution in [0.25, 0.3) is 17.5 Å². The number of aromatic nitrogens is 3. The normalized spacial score (nSPS) is 18.7. The molecule has 0 saturated carbocycles. The molecule has 4 heterocycles. The summed E-state index contributed by atoms with van der Waals surface area (Å²) in [5, 5.41) is 17.4. The van der Waals surface area contributed by atoms with Gasteiger partial charge in [0.05, 0.1) is 43.1 Å². The number of amidine groups is 2. The number of halogens is 1. The number of aliphatic imine (C=N–C) groups is 1. The molecule has 0 aliphatic carbocycles. The number of aliphatic hydroxyl groups excluding tert-OH is 1. The highest BCUT2D eigenvalue weighted by Gasteiger charge is 2.27. The van der Waals surface area contributed by atoms with E-state index >= 15 is 0 Å². The molecule has 2 aromatic heterocycles. The number of aromatic amines is 1. The van der Waals surface area contributed by atoms with Crippen LogP contribution in [0, 0.1) is 17.1 Å². The molecule has 1 unspecified atom stereocenters. The molecule has 1 aromatic carbocycles. The Balaban J connectivity index is 1.21. The fourth-order valence-electron chi connectivity index (χ4n) is 5.12. The van der Waals surface area contributed by atoms with Crippen molar-refractivity contribution < 1.29 is 19.0 Å². The van der Waals surface area contributed by atoms with Crippen molar-refractivity contribution >= 4 is 29.5 Å². The maximum atomic E-state index is 13.8. The van der Waals surface area contributed by atoms with Crippen LogP contribution in [0.15, 0.2) is 72.1 Å². The van der Waals surface area contributed by atoms with Gasteiger partial charge in [-0.05, 0) is 54.8 Å². The summed E-state index contributed by atoms with van der Waals surface area (Å²) in [6.45, 7) is 2.70. The van der Waals surface area contributed by atoms with Crippen LogP contribution >= 0.6 is 0 Å². The molecule has 42 heavy (non-hydrogen) atoms. The summed E-state index contributed by atoms with van der Waals surface area (Å²) in [6.07, 6.45) is 8.30. The molecule has 2 aliphatic heterocycles. The average molecular weight is 573 g/mol. The molecule has 12 heteroatoms. The van der Waals surface area contributed by atoms with Gasteiger partial charge in [0.1, 0.15) is 29.1 Å². The Kier molecular flexibility index (Phi) is 9.02. The largest absolute Gasteiger partial charge is 0.515 e. The van der Waals surface area contributed by atoms with E-state index in [4.69, 9.17) is 26.0 Å². The number of nitrogens with one attached hydrogen (secondary N) is 2. The minimum Gasteiger partial charge on any atom is -0.515 e. The molecule has 0 radical (unpaired) electrons. The lowest BCUT2D eigenvalue weighted by atomic mass is 9.96. The SMILES string of the molecule is N=C(/C=C\c1ncc(-c2cccc(N3CCC(C(=O)N=C(N)/C=C\O)CC3)n2)[nH]1)N1CCOCC1c1cccc(F)c1. The summed E-state index contributed by atoms with van der Waals surface area (Å²) in [5.74, 6) is 0.823. The predicted octanol–water partition coefficient (Wildman–Crippen LogP) is 3.85. The summed E-state index contributed by atoms with van der Waals surface area (Å²) in [6, 6.07) is 11.9. The van der Waals surface area contributed by atoms with E-state index < -0.39 is 0 Å². The van der Waals surface area contributed by atoms with Crippen LogP contribution in [-0.2, 0) is 9.53 Å². The second-order valence-electron chi connectivity index (χ2n) is 10.1. The Morgan fingerprint density at radius 3 is 2.79 bits per heavy atom. The van der Waals surface area contributed by atoms with Crippen molar-refractivity contribution in [2.24, 2.45) is 16.6 Å². The number of nitrogens with two attached hydrogens (primary N) is 1. The predicted molar refractivity (Wildman–Crippen MR) is 159 cm³/mol. The van der Waals surface area contributed by atoms with E-state index in [1.807, 2.05) is 29.2 Å². The lowest BCUT2D eigenvalue weighted by molar-refractivity contribution is -0.122. The van der Waals surface area contributed by atoms with Gasteiger partial charge >= 0.3 is 0 Å². The second kappa shape index (κ2) is 13.2. The van der Waals surface area contributed by atoms with Gasteiger partial charge < -0.3 is 30.4 Å². The Labute approximate surface area is 242 Å². The van der Waals surface area contributed by atoms with E-state index in [1.165, 1.54) is 18.2 Å². The van der Waals surface area contributed by atoms with Crippen molar-refractivity contribution in [2.75, 3.05) is 37.7 Å². The molecule has 3 aromatic rings. The number of H-pyrrole nitrogens is 1. The van der Waals surface area contributed by atoms with Crippen LogP contribution in [-0.4, -0.2) is 75.4 Å². The number of aliphatic hydroxyl groups is 1. The van der Waals surface area contributed by atoms with Crippen molar-refractivity contribution in [2.45, 2.75) is 18.9 Å². The van der Waals surface area contributed by atoms with Crippen LogP contribution < -0.4 is 10.6 Å². The minimum atomic E-state index is -0.316. The molecule has 218 valence electrons. The van der Waals surface area contributed by atoms with Gasteiger partial charge in [0.25, 0.3) is 5.91 Å². The van der Waals surface area contributed by atoms with E-state index in [1.54, 1.807) is 24.4 Å². The number of rotatable bonds is 7. The molecule has 1 amide bonds. The summed E-state index contributed by atoms with van der Waals surface area (Å²) in [7, 11) is 0. The van der Waals surface area contributed by atoms with Crippen molar-refractivity contribution in [1.29, 1.82) is 5.41 Å². The average Bonchev–Trinajstić information content (AvgIpc) is 3.49. The van der Waals surface area contributed by atoms with Gasteiger partial charge in [-0.1, -0.05) is 18.2 Å². The monoisotopic (exact) mass is 572 g/mol. The lowest BCUT2D eigenvalue weighted by Gasteiger charge is -2.36. The standard InChI is InChI=1S/C30H33FN8O3/c31-22-4-1-3-21(17-22)25-19-42-16-14-39(25)27(33)7-8-28-34-18-24(35-28)23-5-2-6-29(36-23)38-12-9-20(10-13-38)30(41)37-26(32)11-15-40/h1-8,11,15,17-18,20,25,33,40H,9-10,12-14,16,19H2,(H,34,35)(H2,32,37,41)/b8-7-,15-11-,33-27?. The first-order valence-electron chi connectivity index (χ1n) is 13.7. The molecule has 0 spiro atoms. The van der Waals surface area contributed by atoms with Gasteiger partial charge in [-0.15, -0.1) is 0 Å². The third-order valence-electron chi connectivity index (χ3n) is 7.33. The van der Waals surface area contributed by atoms with Crippen LogP contribution in [0.1, 0.15) is 30.3 Å². The molecular weight excluding hydrogens is 539 g/mol. The summed E-state index contributed by atoms with van der Waals surface area (Å²) in [5.41, 5.74) is 7.83. The lowest BCUT2D eigenvalue weighted by Crippen LogP contribution is -2.42. The van der Waals surface area contributed by atoms with E-state index in [2.05, 4.69) is 19.9 Å². The maximum Gasteiger partial charge on any atom is 0.250 e. The van der Waals surface area contributed by atoms with Gasteiger partial charge in [-0.25, -0.2) is 14.4 Å². The third kappa shape index (κ3) is 6.89. The maximum absolute atomic E-state index is 13.8. The van der Waals surface area contributed by atoms with Crippen LogP contribution in [0.5, 0.6) is 0 Å². The molecule has 5 rings (SSSR count). The molecule has 2 saturated heterocycles. The first-order valence-corrected chi connectivity index (χ1v) is 13.7. The Morgan fingerprint density at radius 2 is 2.00 bits per heavy atom. The van der Waals surface area contributed by atoms with Crippen LogP contribution in [0.2, 0.25) is 0 Å². The van der Waals surface area contributed by atoms with Gasteiger partial charge in [-0.2, -0.15) is 4.99 Å². The molecule has 1 atom stereocenters.